The Labute approximate surface area is 109 Å². The van der Waals surface area contributed by atoms with E-state index >= 15 is 0 Å². The van der Waals surface area contributed by atoms with E-state index in [1.807, 2.05) is 6.20 Å². The maximum atomic E-state index is 6.03. The molecule has 4 nitrogen and oxygen atoms in total. The Morgan fingerprint density at radius 1 is 1.39 bits per heavy atom. The monoisotopic (exact) mass is 246 g/mol. The van der Waals surface area contributed by atoms with Gasteiger partial charge >= 0.3 is 0 Å². The van der Waals surface area contributed by atoms with E-state index in [9.17, 15) is 0 Å². The van der Waals surface area contributed by atoms with Crippen molar-refractivity contribution in [1.29, 1.82) is 0 Å². The zero-order valence-electron chi connectivity index (χ0n) is 11.1. The molecule has 0 spiro atoms. The van der Waals surface area contributed by atoms with Crippen LogP contribution < -0.4 is 10.6 Å². The van der Waals surface area contributed by atoms with E-state index in [1.54, 1.807) is 0 Å². The summed E-state index contributed by atoms with van der Waals surface area (Å²) in [5.41, 5.74) is 8.65. The molecule has 2 heterocycles. The van der Waals surface area contributed by atoms with Crippen molar-refractivity contribution < 1.29 is 0 Å². The van der Waals surface area contributed by atoms with Crippen molar-refractivity contribution in [2.45, 2.75) is 51.0 Å². The number of piperidine rings is 1. The summed E-state index contributed by atoms with van der Waals surface area (Å²) < 4.78 is 0. The van der Waals surface area contributed by atoms with Gasteiger partial charge in [-0.2, -0.15) is 0 Å². The molecule has 0 bridgehead atoms. The van der Waals surface area contributed by atoms with Gasteiger partial charge < -0.3 is 10.6 Å². The van der Waals surface area contributed by atoms with E-state index in [0.717, 1.165) is 38.3 Å². The number of anilines is 1. The summed E-state index contributed by atoms with van der Waals surface area (Å²) in [5.74, 6) is 1.59. The summed E-state index contributed by atoms with van der Waals surface area (Å²) in [6, 6.07) is 0.276. The normalized spacial score (nSPS) is 24.3. The minimum absolute atomic E-state index is 0.276. The molecule has 1 unspecified atom stereocenters. The molecular formula is C14H22N4. The lowest BCUT2D eigenvalue weighted by atomic mass is 10.1. The minimum Gasteiger partial charge on any atom is -0.339 e. The van der Waals surface area contributed by atoms with Gasteiger partial charge in [-0.25, -0.2) is 9.97 Å². The fourth-order valence-corrected chi connectivity index (χ4v) is 2.74. The van der Waals surface area contributed by atoms with Crippen LogP contribution in [0.2, 0.25) is 0 Å². The maximum Gasteiger partial charge on any atom is 0.225 e. The highest BCUT2D eigenvalue weighted by Crippen LogP contribution is 2.41. The summed E-state index contributed by atoms with van der Waals surface area (Å²) in [6.07, 6.45) is 7.92. The van der Waals surface area contributed by atoms with Crippen LogP contribution in [0, 0.1) is 0 Å². The molecule has 1 saturated heterocycles. The average Bonchev–Trinajstić information content (AvgIpc) is 3.22. The minimum atomic E-state index is 0.276. The highest BCUT2D eigenvalue weighted by molar-refractivity contribution is 5.36. The van der Waals surface area contributed by atoms with Gasteiger partial charge in [0.05, 0.1) is 5.69 Å². The molecule has 1 atom stereocenters. The summed E-state index contributed by atoms with van der Waals surface area (Å²) in [4.78, 5) is 11.6. The predicted octanol–water partition coefficient (Wildman–Crippen LogP) is 1.84. The van der Waals surface area contributed by atoms with Crippen molar-refractivity contribution >= 4 is 5.95 Å². The lowest BCUT2D eigenvalue weighted by molar-refractivity contribution is 0.499. The SMILES string of the molecule is CCc1cnc(N2CCCC(N)C2)nc1C1CC1. The number of nitrogens with two attached hydrogens (primary N) is 1. The largest absolute Gasteiger partial charge is 0.339 e. The Bertz CT molecular complexity index is 428. The summed E-state index contributed by atoms with van der Waals surface area (Å²) in [7, 11) is 0. The van der Waals surface area contributed by atoms with Crippen molar-refractivity contribution in [3.8, 4) is 0 Å². The molecule has 98 valence electrons. The van der Waals surface area contributed by atoms with Crippen LogP contribution >= 0.6 is 0 Å². The van der Waals surface area contributed by atoms with Crippen LogP contribution in [0.1, 0.15) is 49.8 Å². The van der Waals surface area contributed by atoms with Crippen LogP contribution in [0.15, 0.2) is 6.20 Å². The lowest BCUT2D eigenvalue weighted by Gasteiger charge is -2.31. The number of aryl methyl sites for hydroxylation is 1. The number of hydrogen-bond acceptors (Lipinski definition) is 4. The molecule has 1 aromatic rings. The maximum absolute atomic E-state index is 6.03. The van der Waals surface area contributed by atoms with Gasteiger partial charge in [-0.1, -0.05) is 6.92 Å². The van der Waals surface area contributed by atoms with Crippen molar-refractivity contribution in [2.75, 3.05) is 18.0 Å². The Balaban J connectivity index is 1.85. The van der Waals surface area contributed by atoms with Gasteiger partial charge in [0.25, 0.3) is 0 Å². The van der Waals surface area contributed by atoms with Crippen molar-refractivity contribution in [2.24, 2.45) is 5.73 Å². The van der Waals surface area contributed by atoms with Crippen LogP contribution in [0.5, 0.6) is 0 Å². The molecular weight excluding hydrogens is 224 g/mol. The second-order valence-corrected chi connectivity index (χ2v) is 5.56. The predicted molar refractivity (Wildman–Crippen MR) is 72.8 cm³/mol. The van der Waals surface area contributed by atoms with Gasteiger partial charge in [0.2, 0.25) is 5.95 Å². The van der Waals surface area contributed by atoms with Crippen LogP contribution in [0.25, 0.3) is 0 Å². The topological polar surface area (TPSA) is 55.0 Å². The highest BCUT2D eigenvalue weighted by Gasteiger charge is 2.29. The second kappa shape index (κ2) is 4.84. The summed E-state index contributed by atoms with van der Waals surface area (Å²) >= 11 is 0. The Morgan fingerprint density at radius 3 is 2.89 bits per heavy atom. The van der Waals surface area contributed by atoms with Gasteiger partial charge in [-0.15, -0.1) is 0 Å². The van der Waals surface area contributed by atoms with Gasteiger partial charge in [0, 0.05) is 31.2 Å². The van der Waals surface area contributed by atoms with Gasteiger partial charge in [-0.3, -0.25) is 0 Å². The highest BCUT2D eigenvalue weighted by atomic mass is 15.3. The van der Waals surface area contributed by atoms with Crippen molar-refractivity contribution in [1.82, 2.24) is 9.97 Å². The third-order valence-electron chi connectivity index (χ3n) is 3.97. The number of hydrogen-bond donors (Lipinski definition) is 1. The first-order chi connectivity index (χ1) is 8.78. The summed E-state index contributed by atoms with van der Waals surface area (Å²) in [6.45, 7) is 4.12. The van der Waals surface area contributed by atoms with E-state index in [-0.39, 0.29) is 6.04 Å². The summed E-state index contributed by atoms with van der Waals surface area (Å²) in [5, 5.41) is 0. The molecule has 1 aromatic heterocycles. The first-order valence-corrected chi connectivity index (χ1v) is 7.14. The van der Waals surface area contributed by atoms with Crippen LogP contribution in [0.3, 0.4) is 0 Å². The standard InChI is InChI=1S/C14H22N4/c1-2-10-8-16-14(17-13(10)11-5-6-11)18-7-3-4-12(15)9-18/h8,11-12H,2-7,9,15H2,1H3. The second-order valence-electron chi connectivity index (χ2n) is 5.56. The van der Waals surface area contributed by atoms with Gasteiger partial charge in [0.1, 0.15) is 0 Å². The number of aromatic nitrogens is 2. The molecule has 0 radical (unpaired) electrons. The third-order valence-corrected chi connectivity index (χ3v) is 3.97. The quantitative estimate of drug-likeness (QED) is 0.884. The molecule has 0 amide bonds. The van der Waals surface area contributed by atoms with Crippen molar-refractivity contribution in [3.63, 3.8) is 0 Å². The van der Waals surface area contributed by atoms with Crippen molar-refractivity contribution in [3.05, 3.63) is 17.5 Å². The zero-order valence-corrected chi connectivity index (χ0v) is 11.1. The van der Waals surface area contributed by atoms with E-state index in [1.165, 1.54) is 24.1 Å². The molecule has 0 aromatic carbocycles. The molecule has 18 heavy (non-hydrogen) atoms. The molecule has 1 aliphatic heterocycles. The molecule has 2 N–H and O–H groups in total. The average molecular weight is 246 g/mol. The lowest BCUT2D eigenvalue weighted by Crippen LogP contribution is -2.43. The molecule has 4 heteroatoms. The smallest absolute Gasteiger partial charge is 0.225 e. The van der Waals surface area contributed by atoms with Gasteiger partial charge in [0.15, 0.2) is 0 Å². The molecule has 2 fully saturated rings. The molecule has 3 rings (SSSR count). The van der Waals surface area contributed by atoms with E-state index in [2.05, 4.69) is 16.8 Å². The van der Waals surface area contributed by atoms with Gasteiger partial charge in [-0.05, 0) is 37.7 Å². The molecule has 2 aliphatic rings. The van der Waals surface area contributed by atoms with Crippen LogP contribution in [-0.4, -0.2) is 29.1 Å². The molecule has 1 saturated carbocycles. The Hall–Kier alpha value is -1.16. The molecule has 1 aliphatic carbocycles. The van der Waals surface area contributed by atoms with Crippen LogP contribution in [-0.2, 0) is 6.42 Å². The Kier molecular flexibility index (Phi) is 3.20. The number of rotatable bonds is 3. The first-order valence-electron chi connectivity index (χ1n) is 7.14. The zero-order chi connectivity index (χ0) is 12.5. The van der Waals surface area contributed by atoms with E-state index < -0.39 is 0 Å². The fourth-order valence-electron chi connectivity index (χ4n) is 2.74. The van der Waals surface area contributed by atoms with E-state index in [4.69, 9.17) is 10.7 Å². The fraction of sp³-hybridized carbons (Fsp3) is 0.714. The third kappa shape index (κ3) is 2.34. The van der Waals surface area contributed by atoms with E-state index in [0.29, 0.717) is 5.92 Å². The Morgan fingerprint density at radius 2 is 2.22 bits per heavy atom. The number of nitrogens with zero attached hydrogens (tertiary/aromatic N) is 3. The first kappa shape index (κ1) is 11.9. The van der Waals surface area contributed by atoms with Crippen LogP contribution in [0.4, 0.5) is 5.95 Å².